The fraction of sp³-hybridized carbons (Fsp3) is 0.958. The number of hydrogen-bond donors (Lipinski definition) is 0. The van der Waals surface area contributed by atoms with Crippen molar-refractivity contribution in [2.75, 3.05) is 13.1 Å². The van der Waals surface area contributed by atoms with Gasteiger partial charge in [-0.15, -0.1) is 0 Å². The van der Waals surface area contributed by atoms with Crippen LogP contribution in [0.5, 0.6) is 0 Å². The first-order chi connectivity index (χ1) is 12.6. The van der Waals surface area contributed by atoms with Crippen molar-refractivity contribution < 1.29 is 9.53 Å². The summed E-state index contributed by atoms with van der Waals surface area (Å²) < 4.78 is 5.68. The quantitative estimate of drug-likeness (QED) is 0.488. The van der Waals surface area contributed by atoms with Crippen LogP contribution >= 0.6 is 0 Å². The highest BCUT2D eigenvalue weighted by Gasteiger charge is 2.37. The third-order valence-electron chi connectivity index (χ3n) is 6.93. The van der Waals surface area contributed by atoms with Gasteiger partial charge >= 0.3 is 6.09 Å². The lowest BCUT2D eigenvalue weighted by Crippen LogP contribution is -2.40. The van der Waals surface area contributed by atoms with E-state index in [0.29, 0.717) is 17.3 Å². The summed E-state index contributed by atoms with van der Waals surface area (Å²) in [5.74, 6) is 2.00. The van der Waals surface area contributed by atoms with Gasteiger partial charge in [-0.1, -0.05) is 52.9 Å². The fourth-order valence-electron chi connectivity index (χ4n) is 5.29. The minimum absolute atomic E-state index is 0.128. The van der Waals surface area contributed by atoms with Gasteiger partial charge in [-0.2, -0.15) is 0 Å². The second-order valence-electron chi connectivity index (χ2n) is 11.0. The van der Waals surface area contributed by atoms with E-state index in [2.05, 4.69) is 20.8 Å². The Morgan fingerprint density at radius 1 is 0.963 bits per heavy atom. The molecule has 3 atom stereocenters. The van der Waals surface area contributed by atoms with Crippen LogP contribution in [-0.4, -0.2) is 29.7 Å². The predicted molar refractivity (Wildman–Crippen MR) is 114 cm³/mol. The average molecular weight is 380 g/mol. The van der Waals surface area contributed by atoms with Crippen molar-refractivity contribution in [1.29, 1.82) is 0 Å². The van der Waals surface area contributed by atoms with E-state index in [0.717, 1.165) is 25.4 Å². The van der Waals surface area contributed by atoms with Gasteiger partial charge in [-0.3, -0.25) is 0 Å². The van der Waals surface area contributed by atoms with Crippen molar-refractivity contribution in [1.82, 2.24) is 4.90 Å². The molecule has 0 N–H and O–H groups in total. The third-order valence-corrected chi connectivity index (χ3v) is 6.93. The number of hydrogen-bond acceptors (Lipinski definition) is 2. The lowest BCUT2D eigenvalue weighted by molar-refractivity contribution is 0.0213. The Morgan fingerprint density at radius 3 is 2.11 bits per heavy atom. The summed E-state index contributed by atoms with van der Waals surface area (Å²) in [5.41, 5.74) is 0.0727. The maximum atomic E-state index is 12.7. The molecule has 1 aliphatic heterocycles. The van der Waals surface area contributed by atoms with Crippen molar-refractivity contribution in [2.45, 2.75) is 111 Å². The van der Waals surface area contributed by atoms with E-state index >= 15 is 0 Å². The van der Waals surface area contributed by atoms with Gasteiger partial charge in [-0.25, -0.2) is 4.79 Å². The molecule has 1 aliphatic carbocycles. The van der Waals surface area contributed by atoms with E-state index < -0.39 is 5.60 Å². The van der Waals surface area contributed by atoms with Crippen LogP contribution in [0.4, 0.5) is 4.79 Å². The summed E-state index contributed by atoms with van der Waals surface area (Å²) in [7, 11) is 0. The number of carbonyl (C=O) groups excluding carboxylic acids is 1. The normalized spacial score (nSPS) is 31.0. The number of ether oxygens (including phenoxy) is 1. The lowest BCUT2D eigenvalue weighted by Gasteiger charge is -2.41. The van der Waals surface area contributed by atoms with Gasteiger partial charge in [0.25, 0.3) is 0 Å². The predicted octanol–water partition coefficient (Wildman–Crippen LogP) is 7.05. The Morgan fingerprint density at radius 2 is 1.52 bits per heavy atom. The Labute approximate surface area is 168 Å². The molecule has 0 aromatic heterocycles. The van der Waals surface area contributed by atoms with Crippen LogP contribution in [0.1, 0.15) is 106 Å². The van der Waals surface area contributed by atoms with E-state index in [1.165, 1.54) is 57.8 Å². The Kier molecular flexibility index (Phi) is 8.06. The third kappa shape index (κ3) is 7.31. The summed E-state index contributed by atoms with van der Waals surface area (Å²) in [6.07, 6.45) is 13.4. The van der Waals surface area contributed by atoms with Gasteiger partial charge in [0.05, 0.1) is 0 Å². The SMILES string of the molecule is CC1CCN(C(=O)OC(C)(C)C)CC(C)CC(C2(C)CCCCCCC2)C1. The highest BCUT2D eigenvalue weighted by Crippen LogP contribution is 2.46. The largest absolute Gasteiger partial charge is 0.444 e. The van der Waals surface area contributed by atoms with Gasteiger partial charge in [0.15, 0.2) is 0 Å². The maximum absolute atomic E-state index is 12.7. The van der Waals surface area contributed by atoms with Crippen LogP contribution in [0.3, 0.4) is 0 Å². The Balaban J connectivity index is 2.08. The topological polar surface area (TPSA) is 29.5 Å². The first kappa shape index (κ1) is 22.6. The second kappa shape index (κ2) is 9.65. The Hall–Kier alpha value is -0.730. The van der Waals surface area contributed by atoms with Crippen LogP contribution in [0.25, 0.3) is 0 Å². The molecule has 3 heteroatoms. The van der Waals surface area contributed by atoms with E-state index in [-0.39, 0.29) is 6.09 Å². The van der Waals surface area contributed by atoms with Crippen LogP contribution in [0.2, 0.25) is 0 Å². The molecule has 1 saturated heterocycles. The minimum atomic E-state index is -0.417. The number of nitrogens with zero attached hydrogens (tertiary/aromatic N) is 1. The van der Waals surface area contributed by atoms with E-state index in [4.69, 9.17) is 4.74 Å². The summed E-state index contributed by atoms with van der Waals surface area (Å²) in [6, 6.07) is 0. The highest BCUT2D eigenvalue weighted by molar-refractivity contribution is 5.68. The molecule has 3 unspecified atom stereocenters. The van der Waals surface area contributed by atoms with Crippen LogP contribution in [0.15, 0.2) is 0 Å². The molecular weight excluding hydrogens is 334 g/mol. The molecule has 1 saturated carbocycles. The minimum Gasteiger partial charge on any atom is -0.444 e. The molecule has 1 heterocycles. The Bertz CT molecular complexity index is 459. The van der Waals surface area contributed by atoms with E-state index in [1.807, 2.05) is 25.7 Å². The van der Waals surface area contributed by atoms with Crippen LogP contribution in [-0.2, 0) is 4.74 Å². The summed E-state index contributed by atoms with van der Waals surface area (Å²) in [6.45, 7) is 14.9. The van der Waals surface area contributed by atoms with Crippen molar-refractivity contribution in [3.8, 4) is 0 Å². The summed E-state index contributed by atoms with van der Waals surface area (Å²) >= 11 is 0. The zero-order chi connectivity index (χ0) is 20.1. The molecule has 2 fully saturated rings. The standard InChI is InChI=1S/C24H45NO2/c1-19-12-15-25(22(26)27-23(3,4)5)18-20(2)17-21(16-19)24(6)13-10-8-7-9-11-14-24/h19-21H,7-18H2,1-6H3. The van der Waals surface area contributed by atoms with Crippen molar-refractivity contribution in [3.05, 3.63) is 0 Å². The average Bonchev–Trinajstić information content (AvgIpc) is 2.59. The van der Waals surface area contributed by atoms with Crippen molar-refractivity contribution in [2.24, 2.45) is 23.2 Å². The first-order valence-corrected chi connectivity index (χ1v) is 11.6. The van der Waals surface area contributed by atoms with Crippen molar-refractivity contribution >= 4 is 6.09 Å². The van der Waals surface area contributed by atoms with Gasteiger partial charge < -0.3 is 9.64 Å². The smallest absolute Gasteiger partial charge is 0.410 e. The zero-order valence-corrected chi connectivity index (χ0v) is 19.0. The molecule has 27 heavy (non-hydrogen) atoms. The number of amides is 1. The summed E-state index contributed by atoms with van der Waals surface area (Å²) in [5, 5.41) is 0. The van der Waals surface area contributed by atoms with Crippen molar-refractivity contribution in [3.63, 3.8) is 0 Å². The summed E-state index contributed by atoms with van der Waals surface area (Å²) in [4.78, 5) is 14.7. The lowest BCUT2D eigenvalue weighted by atomic mass is 9.64. The molecule has 2 rings (SSSR count). The molecule has 0 radical (unpaired) electrons. The molecule has 3 nitrogen and oxygen atoms in total. The monoisotopic (exact) mass is 379 g/mol. The second-order valence-corrected chi connectivity index (χ2v) is 11.0. The maximum Gasteiger partial charge on any atom is 0.410 e. The zero-order valence-electron chi connectivity index (χ0n) is 19.0. The highest BCUT2D eigenvalue weighted by atomic mass is 16.6. The van der Waals surface area contributed by atoms with Gasteiger partial charge in [0.2, 0.25) is 0 Å². The number of rotatable bonds is 1. The molecule has 2 aliphatic rings. The molecule has 1 amide bonds. The molecule has 0 bridgehead atoms. The van der Waals surface area contributed by atoms with Crippen LogP contribution < -0.4 is 0 Å². The van der Waals surface area contributed by atoms with E-state index in [1.54, 1.807) is 0 Å². The van der Waals surface area contributed by atoms with Gasteiger partial charge in [0, 0.05) is 13.1 Å². The molecular formula is C24H45NO2. The fourth-order valence-corrected chi connectivity index (χ4v) is 5.29. The van der Waals surface area contributed by atoms with Gasteiger partial charge in [-0.05, 0) is 76.0 Å². The van der Waals surface area contributed by atoms with Crippen LogP contribution in [0, 0.1) is 23.2 Å². The molecule has 0 aromatic carbocycles. The molecule has 158 valence electrons. The first-order valence-electron chi connectivity index (χ1n) is 11.6. The molecule has 0 spiro atoms. The van der Waals surface area contributed by atoms with Gasteiger partial charge in [0.1, 0.15) is 5.60 Å². The number of carbonyl (C=O) groups is 1. The van der Waals surface area contributed by atoms with E-state index in [9.17, 15) is 4.79 Å². The molecule has 0 aromatic rings.